The summed E-state index contributed by atoms with van der Waals surface area (Å²) in [4.78, 5) is 14.2. The van der Waals surface area contributed by atoms with E-state index in [9.17, 15) is 4.79 Å². The molecule has 2 N–H and O–H groups in total. The van der Waals surface area contributed by atoms with E-state index >= 15 is 0 Å². The van der Waals surface area contributed by atoms with Crippen molar-refractivity contribution in [3.63, 3.8) is 0 Å². The molecule has 1 unspecified atom stereocenters. The summed E-state index contributed by atoms with van der Waals surface area (Å²) in [5.41, 5.74) is 2.40. The number of methoxy groups -OCH3 is 1. The summed E-state index contributed by atoms with van der Waals surface area (Å²) in [6.45, 7) is 1.19. The maximum Gasteiger partial charge on any atom is 0.314 e. The standard InChI is InChI=1S/C21H29N3O2/c1-24(2)20(18-12-7-13-19(15-18)26-3)16-23-21(25)22-14-8-11-17-9-5-4-6-10-17/h4-7,9-10,12-13,15,20H,8,11,14,16H2,1-3H3,(H2,22,23,25). The van der Waals surface area contributed by atoms with Gasteiger partial charge in [-0.1, -0.05) is 42.5 Å². The van der Waals surface area contributed by atoms with Gasteiger partial charge in [0.05, 0.1) is 13.2 Å². The minimum absolute atomic E-state index is 0.0835. The van der Waals surface area contributed by atoms with Gasteiger partial charge in [-0.2, -0.15) is 0 Å². The minimum Gasteiger partial charge on any atom is -0.497 e. The summed E-state index contributed by atoms with van der Waals surface area (Å²) >= 11 is 0. The molecule has 5 nitrogen and oxygen atoms in total. The fourth-order valence-electron chi connectivity index (χ4n) is 2.84. The fraction of sp³-hybridized carbons (Fsp3) is 0.381. The molecule has 0 radical (unpaired) electrons. The third-order valence-corrected chi connectivity index (χ3v) is 4.33. The maximum atomic E-state index is 12.1. The fourth-order valence-corrected chi connectivity index (χ4v) is 2.84. The Morgan fingerprint density at radius 1 is 1.08 bits per heavy atom. The molecular formula is C21H29N3O2. The first kappa shape index (κ1) is 19.8. The molecule has 0 fully saturated rings. The molecule has 2 rings (SSSR count). The quantitative estimate of drug-likeness (QED) is 0.679. The summed E-state index contributed by atoms with van der Waals surface area (Å²) in [6.07, 6.45) is 1.88. The average Bonchev–Trinajstić information content (AvgIpc) is 2.66. The zero-order chi connectivity index (χ0) is 18.8. The van der Waals surface area contributed by atoms with Crippen molar-refractivity contribution in [2.24, 2.45) is 0 Å². The van der Waals surface area contributed by atoms with Crippen molar-refractivity contribution >= 4 is 6.03 Å². The first-order valence-corrected chi connectivity index (χ1v) is 8.96. The van der Waals surface area contributed by atoms with E-state index in [1.807, 2.05) is 56.6 Å². The summed E-state index contributed by atoms with van der Waals surface area (Å²) in [5, 5.41) is 5.89. The molecule has 1 atom stereocenters. The van der Waals surface area contributed by atoms with Crippen LogP contribution >= 0.6 is 0 Å². The van der Waals surface area contributed by atoms with Crippen LogP contribution in [0.3, 0.4) is 0 Å². The topological polar surface area (TPSA) is 53.6 Å². The predicted molar refractivity (Wildman–Crippen MR) is 106 cm³/mol. The highest BCUT2D eigenvalue weighted by Crippen LogP contribution is 2.21. The molecule has 2 aromatic carbocycles. The first-order chi connectivity index (χ1) is 12.6. The molecular weight excluding hydrogens is 326 g/mol. The Morgan fingerprint density at radius 3 is 2.54 bits per heavy atom. The molecule has 140 valence electrons. The second-order valence-corrected chi connectivity index (χ2v) is 6.48. The highest BCUT2D eigenvalue weighted by Gasteiger charge is 2.15. The Labute approximate surface area is 156 Å². The number of carbonyl (C=O) groups excluding carboxylic acids is 1. The van der Waals surface area contributed by atoms with E-state index < -0.39 is 0 Å². The van der Waals surface area contributed by atoms with E-state index in [4.69, 9.17) is 4.74 Å². The van der Waals surface area contributed by atoms with E-state index in [0.717, 1.165) is 24.2 Å². The number of benzene rings is 2. The van der Waals surface area contributed by atoms with Crippen LogP contribution < -0.4 is 15.4 Å². The van der Waals surface area contributed by atoms with Crippen LogP contribution in [0, 0.1) is 0 Å². The van der Waals surface area contributed by atoms with Crippen LogP contribution in [0.25, 0.3) is 0 Å². The number of nitrogens with zero attached hydrogens (tertiary/aromatic N) is 1. The van der Waals surface area contributed by atoms with Crippen LogP contribution in [0.4, 0.5) is 4.79 Å². The van der Waals surface area contributed by atoms with Gasteiger partial charge in [-0.3, -0.25) is 0 Å². The number of hydrogen-bond acceptors (Lipinski definition) is 3. The highest BCUT2D eigenvalue weighted by molar-refractivity contribution is 5.73. The smallest absolute Gasteiger partial charge is 0.314 e. The molecule has 26 heavy (non-hydrogen) atoms. The highest BCUT2D eigenvalue weighted by atomic mass is 16.5. The van der Waals surface area contributed by atoms with Gasteiger partial charge in [0.1, 0.15) is 5.75 Å². The van der Waals surface area contributed by atoms with Crippen LogP contribution in [0.5, 0.6) is 5.75 Å². The van der Waals surface area contributed by atoms with Crippen molar-refractivity contribution in [2.75, 3.05) is 34.3 Å². The zero-order valence-electron chi connectivity index (χ0n) is 15.9. The van der Waals surface area contributed by atoms with Gasteiger partial charge in [0.2, 0.25) is 0 Å². The molecule has 5 heteroatoms. The molecule has 2 aromatic rings. The average molecular weight is 355 g/mol. The maximum absolute atomic E-state index is 12.1. The molecule has 0 spiro atoms. The molecule has 0 aliphatic heterocycles. The molecule has 0 aliphatic carbocycles. The summed E-state index contributed by atoms with van der Waals surface area (Å²) < 4.78 is 5.29. The van der Waals surface area contributed by atoms with Crippen molar-refractivity contribution < 1.29 is 9.53 Å². The monoisotopic (exact) mass is 355 g/mol. The Balaban J connectivity index is 1.76. The number of likely N-dealkylation sites (N-methyl/N-ethyl adjacent to an activating group) is 1. The summed E-state index contributed by atoms with van der Waals surface area (Å²) in [7, 11) is 5.66. The largest absolute Gasteiger partial charge is 0.497 e. The Morgan fingerprint density at radius 2 is 1.85 bits per heavy atom. The zero-order valence-corrected chi connectivity index (χ0v) is 15.9. The number of aryl methyl sites for hydroxylation is 1. The van der Waals surface area contributed by atoms with Crippen LogP contribution in [-0.2, 0) is 6.42 Å². The summed E-state index contributed by atoms with van der Waals surface area (Å²) in [5.74, 6) is 0.819. The van der Waals surface area contributed by atoms with Crippen LogP contribution in [0.15, 0.2) is 54.6 Å². The Kier molecular flexibility index (Phi) is 7.96. The van der Waals surface area contributed by atoms with Crippen molar-refractivity contribution in [3.05, 3.63) is 65.7 Å². The lowest BCUT2D eigenvalue weighted by atomic mass is 10.1. The van der Waals surface area contributed by atoms with Gasteiger partial charge in [0.15, 0.2) is 0 Å². The van der Waals surface area contributed by atoms with Crippen molar-refractivity contribution in [2.45, 2.75) is 18.9 Å². The number of amides is 2. The van der Waals surface area contributed by atoms with Crippen molar-refractivity contribution in [1.29, 1.82) is 0 Å². The third kappa shape index (κ3) is 6.41. The minimum atomic E-state index is -0.132. The van der Waals surface area contributed by atoms with Gasteiger partial charge >= 0.3 is 6.03 Å². The second-order valence-electron chi connectivity index (χ2n) is 6.48. The number of carbonyl (C=O) groups is 1. The Hall–Kier alpha value is -2.53. The second kappa shape index (κ2) is 10.5. The van der Waals surface area contributed by atoms with Crippen LogP contribution in [-0.4, -0.2) is 45.2 Å². The normalized spacial score (nSPS) is 11.8. The lowest BCUT2D eigenvalue weighted by Gasteiger charge is -2.25. The van der Waals surface area contributed by atoms with Gasteiger partial charge in [0, 0.05) is 13.1 Å². The predicted octanol–water partition coefficient (Wildman–Crippen LogP) is 3.23. The lowest BCUT2D eigenvalue weighted by Crippen LogP contribution is -2.40. The number of nitrogens with one attached hydrogen (secondary N) is 2. The van der Waals surface area contributed by atoms with Crippen LogP contribution in [0.2, 0.25) is 0 Å². The van der Waals surface area contributed by atoms with Gasteiger partial charge in [-0.15, -0.1) is 0 Å². The van der Waals surface area contributed by atoms with Gasteiger partial charge in [0.25, 0.3) is 0 Å². The van der Waals surface area contributed by atoms with Crippen molar-refractivity contribution in [1.82, 2.24) is 15.5 Å². The van der Waals surface area contributed by atoms with Crippen LogP contribution in [0.1, 0.15) is 23.6 Å². The number of ether oxygens (including phenoxy) is 1. The molecule has 2 amide bonds. The molecule has 0 bridgehead atoms. The number of urea groups is 1. The van der Waals surface area contributed by atoms with E-state index in [0.29, 0.717) is 13.1 Å². The van der Waals surface area contributed by atoms with Gasteiger partial charge < -0.3 is 20.3 Å². The van der Waals surface area contributed by atoms with Crippen molar-refractivity contribution in [3.8, 4) is 5.75 Å². The van der Waals surface area contributed by atoms with Gasteiger partial charge in [-0.25, -0.2) is 4.79 Å². The van der Waals surface area contributed by atoms with E-state index in [1.165, 1.54) is 5.56 Å². The number of hydrogen-bond donors (Lipinski definition) is 2. The van der Waals surface area contributed by atoms with E-state index in [2.05, 4.69) is 27.7 Å². The molecule has 0 aliphatic rings. The van der Waals surface area contributed by atoms with E-state index in [-0.39, 0.29) is 12.1 Å². The lowest BCUT2D eigenvalue weighted by molar-refractivity contribution is 0.232. The summed E-state index contributed by atoms with van der Waals surface area (Å²) in [6, 6.07) is 18.2. The third-order valence-electron chi connectivity index (χ3n) is 4.33. The molecule has 0 saturated carbocycles. The van der Waals surface area contributed by atoms with E-state index in [1.54, 1.807) is 7.11 Å². The Bertz CT molecular complexity index is 674. The molecule has 0 aromatic heterocycles. The molecule has 0 saturated heterocycles. The SMILES string of the molecule is COc1cccc(C(CNC(=O)NCCCc2ccccc2)N(C)C)c1. The first-order valence-electron chi connectivity index (χ1n) is 8.96. The van der Waals surface area contributed by atoms with Gasteiger partial charge in [-0.05, 0) is 50.2 Å². The number of rotatable bonds is 9. The molecule has 0 heterocycles.